The number of hydrazone groups is 1. The number of benzene rings is 2. The normalized spacial score (nSPS) is 10.8. The topological polar surface area (TPSA) is 108 Å². The van der Waals surface area contributed by atoms with Crippen LogP contribution in [0.2, 0.25) is 10.0 Å². The molecule has 0 saturated heterocycles. The Morgan fingerprint density at radius 3 is 2.50 bits per heavy atom. The van der Waals surface area contributed by atoms with Gasteiger partial charge in [0.25, 0.3) is 0 Å². The highest BCUT2D eigenvalue weighted by molar-refractivity contribution is 6.42. The third kappa shape index (κ3) is 3.57. The van der Waals surface area contributed by atoms with Crippen molar-refractivity contribution in [2.75, 3.05) is 5.43 Å². The molecule has 2 aromatic carbocycles. The molecule has 2 rings (SSSR count). The highest BCUT2D eigenvalue weighted by Gasteiger charge is 2.16. The number of aromatic hydroxyl groups is 2. The minimum Gasteiger partial charge on any atom is -0.507 e. The standard InChI is InChI=1S/C13H9Cl2N3O4/c14-9-2-1-8(4-10(9)15)17-16-6-7-3-11(18(21)22)13(20)5-12(7)19/h1-6,17,19-20H. The van der Waals surface area contributed by atoms with Crippen LogP contribution in [0.3, 0.4) is 0 Å². The van der Waals surface area contributed by atoms with E-state index in [-0.39, 0.29) is 11.3 Å². The van der Waals surface area contributed by atoms with E-state index in [1.54, 1.807) is 18.2 Å². The second-order valence-corrected chi connectivity index (χ2v) is 4.97. The van der Waals surface area contributed by atoms with Crippen molar-refractivity contribution < 1.29 is 15.1 Å². The quantitative estimate of drug-likeness (QED) is 0.445. The number of nitrogens with zero attached hydrogens (tertiary/aromatic N) is 2. The van der Waals surface area contributed by atoms with Crippen LogP contribution in [0.25, 0.3) is 0 Å². The molecule has 7 nitrogen and oxygen atoms in total. The van der Waals surface area contributed by atoms with Gasteiger partial charge in [-0.25, -0.2) is 0 Å². The monoisotopic (exact) mass is 341 g/mol. The van der Waals surface area contributed by atoms with Gasteiger partial charge in [0.2, 0.25) is 0 Å². The molecular formula is C13H9Cl2N3O4. The molecule has 0 aromatic heterocycles. The number of nitro groups is 1. The minimum atomic E-state index is -0.765. The molecule has 0 heterocycles. The molecule has 3 N–H and O–H groups in total. The van der Waals surface area contributed by atoms with Crippen LogP contribution in [-0.4, -0.2) is 21.4 Å². The zero-order chi connectivity index (χ0) is 16.3. The van der Waals surface area contributed by atoms with Gasteiger partial charge in [0, 0.05) is 17.7 Å². The molecular weight excluding hydrogens is 333 g/mol. The van der Waals surface area contributed by atoms with Crippen LogP contribution in [0.1, 0.15) is 5.56 Å². The number of phenols is 2. The van der Waals surface area contributed by atoms with Crippen LogP contribution in [-0.2, 0) is 0 Å². The summed E-state index contributed by atoms with van der Waals surface area (Å²) >= 11 is 11.6. The number of nitrogens with one attached hydrogen (secondary N) is 1. The Morgan fingerprint density at radius 1 is 1.14 bits per heavy atom. The van der Waals surface area contributed by atoms with Crippen LogP contribution in [0.4, 0.5) is 11.4 Å². The summed E-state index contributed by atoms with van der Waals surface area (Å²) in [6.07, 6.45) is 1.17. The molecule has 0 fully saturated rings. The van der Waals surface area contributed by atoms with Crippen LogP contribution in [0.15, 0.2) is 35.4 Å². The van der Waals surface area contributed by atoms with Gasteiger partial charge in [0.05, 0.1) is 26.9 Å². The fraction of sp³-hybridized carbons (Fsp3) is 0. The first-order valence-corrected chi connectivity index (χ1v) is 6.58. The third-order valence-electron chi connectivity index (χ3n) is 2.64. The summed E-state index contributed by atoms with van der Waals surface area (Å²) in [4.78, 5) is 9.96. The molecule has 0 radical (unpaired) electrons. The fourth-order valence-corrected chi connectivity index (χ4v) is 1.87. The van der Waals surface area contributed by atoms with Gasteiger partial charge in [-0.1, -0.05) is 23.2 Å². The second-order valence-electron chi connectivity index (χ2n) is 4.16. The number of anilines is 1. The molecule has 0 aliphatic carbocycles. The number of hydrogen-bond acceptors (Lipinski definition) is 6. The molecule has 22 heavy (non-hydrogen) atoms. The van der Waals surface area contributed by atoms with E-state index < -0.39 is 16.4 Å². The zero-order valence-electron chi connectivity index (χ0n) is 10.8. The van der Waals surface area contributed by atoms with E-state index in [0.717, 1.165) is 12.1 Å². The molecule has 0 aliphatic heterocycles. The fourth-order valence-electron chi connectivity index (χ4n) is 1.57. The molecule has 0 amide bonds. The molecule has 0 bridgehead atoms. The molecule has 2 aromatic rings. The molecule has 9 heteroatoms. The summed E-state index contributed by atoms with van der Waals surface area (Å²) in [5.41, 5.74) is 2.71. The summed E-state index contributed by atoms with van der Waals surface area (Å²) in [5, 5.41) is 34.3. The Hall–Kier alpha value is -2.51. The SMILES string of the molecule is O=[N+]([O-])c1cc(C=NNc2ccc(Cl)c(Cl)c2)c(O)cc1O. The lowest BCUT2D eigenvalue weighted by Crippen LogP contribution is -1.94. The largest absolute Gasteiger partial charge is 0.507 e. The smallest absolute Gasteiger partial charge is 0.311 e. The maximum absolute atomic E-state index is 10.7. The second kappa shape index (κ2) is 6.50. The first-order valence-electron chi connectivity index (χ1n) is 5.83. The predicted octanol–water partition coefficient (Wildman–Crippen LogP) is 3.76. The van der Waals surface area contributed by atoms with E-state index in [0.29, 0.717) is 15.7 Å². The number of phenolic OH excluding ortho intramolecular Hbond substituents is 2. The van der Waals surface area contributed by atoms with Crippen molar-refractivity contribution in [3.63, 3.8) is 0 Å². The van der Waals surface area contributed by atoms with Gasteiger partial charge >= 0.3 is 5.69 Å². The Balaban J connectivity index is 2.21. The van der Waals surface area contributed by atoms with Crippen LogP contribution >= 0.6 is 23.2 Å². The lowest BCUT2D eigenvalue weighted by Gasteiger charge is -2.03. The highest BCUT2D eigenvalue weighted by Crippen LogP contribution is 2.32. The number of nitro benzene ring substituents is 1. The van der Waals surface area contributed by atoms with Crippen molar-refractivity contribution in [2.24, 2.45) is 5.10 Å². The minimum absolute atomic E-state index is 0.0667. The summed E-state index contributed by atoms with van der Waals surface area (Å²) in [7, 11) is 0. The van der Waals surface area contributed by atoms with Gasteiger partial charge in [-0.15, -0.1) is 0 Å². The van der Waals surface area contributed by atoms with Crippen molar-refractivity contribution in [1.29, 1.82) is 0 Å². The van der Waals surface area contributed by atoms with Gasteiger partial charge in [-0.05, 0) is 18.2 Å². The average molecular weight is 342 g/mol. The van der Waals surface area contributed by atoms with E-state index in [4.69, 9.17) is 23.2 Å². The van der Waals surface area contributed by atoms with Crippen molar-refractivity contribution in [3.8, 4) is 11.5 Å². The molecule has 0 spiro atoms. The molecule has 0 atom stereocenters. The number of hydrogen-bond donors (Lipinski definition) is 3. The Bertz CT molecular complexity index is 765. The lowest BCUT2D eigenvalue weighted by atomic mass is 10.2. The summed E-state index contributed by atoms with van der Waals surface area (Å²) in [6.45, 7) is 0. The first kappa shape index (κ1) is 15.9. The van der Waals surface area contributed by atoms with Crippen molar-refractivity contribution in [3.05, 3.63) is 56.1 Å². The molecule has 0 aliphatic rings. The maximum Gasteiger partial charge on any atom is 0.311 e. The van der Waals surface area contributed by atoms with Crippen molar-refractivity contribution >= 4 is 40.8 Å². The molecule has 0 saturated carbocycles. The lowest BCUT2D eigenvalue weighted by molar-refractivity contribution is -0.385. The average Bonchev–Trinajstić information content (AvgIpc) is 2.44. The third-order valence-corrected chi connectivity index (χ3v) is 3.38. The Labute approximate surface area is 134 Å². The Morgan fingerprint density at radius 2 is 1.86 bits per heavy atom. The maximum atomic E-state index is 10.7. The highest BCUT2D eigenvalue weighted by atomic mass is 35.5. The van der Waals surface area contributed by atoms with E-state index in [1.807, 2.05) is 0 Å². The van der Waals surface area contributed by atoms with Crippen molar-refractivity contribution in [2.45, 2.75) is 0 Å². The van der Waals surface area contributed by atoms with E-state index in [1.165, 1.54) is 6.21 Å². The van der Waals surface area contributed by atoms with Crippen LogP contribution < -0.4 is 5.43 Å². The zero-order valence-corrected chi connectivity index (χ0v) is 12.3. The molecule has 0 unspecified atom stereocenters. The van der Waals surface area contributed by atoms with Gasteiger partial charge in [0.15, 0.2) is 5.75 Å². The number of rotatable bonds is 4. The number of halogens is 2. The van der Waals surface area contributed by atoms with Gasteiger partial charge in [-0.3, -0.25) is 15.5 Å². The Kier molecular flexibility index (Phi) is 4.69. The van der Waals surface area contributed by atoms with E-state index in [2.05, 4.69) is 10.5 Å². The summed E-state index contributed by atoms with van der Waals surface area (Å²) in [6, 6.07) is 6.62. The van der Waals surface area contributed by atoms with Crippen LogP contribution in [0.5, 0.6) is 11.5 Å². The molecule has 114 valence electrons. The van der Waals surface area contributed by atoms with E-state index >= 15 is 0 Å². The van der Waals surface area contributed by atoms with E-state index in [9.17, 15) is 20.3 Å². The first-order chi connectivity index (χ1) is 10.4. The predicted molar refractivity (Wildman–Crippen MR) is 84.1 cm³/mol. The summed E-state index contributed by atoms with van der Waals surface area (Å²) < 4.78 is 0. The van der Waals surface area contributed by atoms with Gasteiger partial charge < -0.3 is 10.2 Å². The van der Waals surface area contributed by atoms with Crippen molar-refractivity contribution in [1.82, 2.24) is 0 Å². The van der Waals surface area contributed by atoms with Gasteiger partial charge in [-0.2, -0.15) is 5.10 Å². The van der Waals surface area contributed by atoms with Gasteiger partial charge in [0.1, 0.15) is 5.75 Å². The van der Waals surface area contributed by atoms with Crippen LogP contribution in [0, 0.1) is 10.1 Å². The summed E-state index contributed by atoms with van der Waals surface area (Å²) in [5.74, 6) is -0.972.